The monoisotopic (exact) mass is 308 g/mol. The number of nitrogens with two attached hydrogens (primary N) is 1. The van der Waals surface area contributed by atoms with Crippen LogP contribution in [0.4, 0.5) is 4.39 Å². The molecule has 1 aliphatic rings. The van der Waals surface area contributed by atoms with Crippen molar-refractivity contribution in [1.29, 1.82) is 0 Å². The molecule has 0 aliphatic heterocycles. The molecule has 0 aromatic heterocycles. The average Bonchev–Trinajstić information content (AvgIpc) is 3.34. The summed E-state index contributed by atoms with van der Waals surface area (Å²) >= 11 is 0. The summed E-state index contributed by atoms with van der Waals surface area (Å²) in [6, 6.07) is 4.01. The van der Waals surface area contributed by atoms with Crippen molar-refractivity contribution < 1.29 is 18.7 Å². The minimum absolute atomic E-state index is 0.00432. The van der Waals surface area contributed by atoms with Crippen LogP contribution in [0, 0.1) is 11.7 Å². The molecule has 3 N–H and O–H groups in total. The molecule has 22 heavy (non-hydrogen) atoms. The van der Waals surface area contributed by atoms with Gasteiger partial charge in [0.15, 0.2) is 17.3 Å². The smallest absolute Gasteiger partial charge is 0.220 e. The predicted molar refractivity (Wildman–Crippen MR) is 80.2 cm³/mol. The van der Waals surface area contributed by atoms with Crippen LogP contribution in [0.15, 0.2) is 18.2 Å². The fraction of sp³-hybridized carbons (Fsp3) is 0.500. The van der Waals surface area contributed by atoms with Gasteiger partial charge in [-0.1, -0.05) is 0 Å². The molecule has 1 aliphatic carbocycles. The molecule has 6 heteroatoms. The first kappa shape index (κ1) is 16.4. The van der Waals surface area contributed by atoms with Crippen molar-refractivity contribution in [1.82, 2.24) is 5.32 Å². The topological polar surface area (TPSA) is 81.4 Å². The number of carbonyl (C=O) groups excluding carboxylic acids is 2. The van der Waals surface area contributed by atoms with Gasteiger partial charge in [0.25, 0.3) is 0 Å². The summed E-state index contributed by atoms with van der Waals surface area (Å²) in [6.07, 6.45) is 2.36. The van der Waals surface area contributed by atoms with Crippen LogP contribution in [-0.4, -0.2) is 31.4 Å². The third kappa shape index (κ3) is 4.53. The predicted octanol–water partition coefficient (Wildman–Crippen LogP) is 1.65. The first-order valence-corrected chi connectivity index (χ1v) is 7.40. The number of rotatable bonds is 8. The molecule has 0 bridgehead atoms. The molecule has 1 unspecified atom stereocenters. The van der Waals surface area contributed by atoms with E-state index >= 15 is 0 Å². The first-order chi connectivity index (χ1) is 10.5. The van der Waals surface area contributed by atoms with E-state index in [9.17, 15) is 14.0 Å². The van der Waals surface area contributed by atoms with Gasteiger partial charge in [-0.05, 0) is 37.0 Å². The van der Waals surface area contributed by atoms with Crippen LogP contribution in [0.5, 0.6) is 5.75 Å². The second-order valence-corrected chi connectivity index (χ2v) is 5.58. The lowest BCUT2D eigenvalue weighted by atomic mass is 10.1. The zero-order valence-electron chi connectivity index (χ0n) is 12.6. The number of nitrogens with one attached hydrogen (secondary N) is 1. The maximum Gasteiger partial charge on any atom is 0.220 e. The number of ether oxygens (including phenoxy) is 1. The molecular weight excluding hydrogens is 287 g/mol. The normalized spacial score (nSPS) is 15.2. The van der Waals surface area contributed by atoms with Gasteiger partial charge in [-0.15, -0.1) is 0 Å². The van der Waals surface area contributed by atoms with Crippen LogP contribution < -0.4 is 15.8 Å². The van der Waals surface area contributed by atoms with E-state index in [0.29, 0.717) is 12.5 Å². The van der Waals surface area contributed by atoms with Gasteiger partial charge in [0.05, 0.1) is 7.11 Å². The Bertz CT molecular complexity index is 558. The molecule has 2 rings (SSSR count). The Morgan fingerprint density at radius 3 is 2.73 bits per heavy atom. The average molecular weight is 308 g/mol. The largest absolute Gasteiger partial charge is 0.494 e. The SMILES string of the molecule is COc1ccc(C(=O)CCC(=O)NCC(N)C2CC2)cc1F. The fourth-order valence-electron chi connectivity index (χ4n) is 2.22. The van der Waals surface area contributed by atoms with E-state index < -0.39 is 5.82 Å². The maximum atomic E-state index is 13.5. The van der Waals surface area contributed by atoms with Gasteiger partial charge in [0, 0.05) is 31.0 Å². The molecule has 1 atom stereocenters. The lowest BCUT2D eigenvalue weighted by molar-refractivity contribution is -0.121. The molecule has 120 valence electrons. The van der Waals surface area contributed by atoms with E-state index in [-0.39, 0.29) is 41.9 Å². The van der Waals surface area contributed by atoms with E-state index in [0.717, 1.165) is 18.9 Å². The number of ketones is 1. The number of benzene rings is 1. The van der Waals surface area contributed by atoms with Gasteiger partial charge in [0.1, 0.15) is 0 Å². The summed E-state index contributed by atoms with van der Waals surface area (Å²) < 4.78 is 18.3. The van der Waals surface area contributed by atoms with Gasteiger partial charge in [-0.2, -0.15) is 0 Å². The fourth-order valence-corrected chi connectivity index (χ4v) is 2.22. The summed E-state index contributed by atoms with van der Waals surface area (Å²) in [5.74, 6) is -0.470. The molecule has 1 aromatic carbocycles. The number of hydrogen-bond donors (Lipinski definition) is 2. The van der Waals surface area contributed by atoms with Crippen LogP contribution in [-0.2, 0) is 4.79 Å². The first-order valence-electron chi connectivity index (χ1n) is 7.40. The number of amides is 1. The highest BCUT2D eigenvalue weighted by Crippen LogP contribution is 2.31. The minimum Gasteiger partial charge on any atom is -0.494 e. The van der Waals surface area contributed by atoms with Crippen LogP contribution in [0.3, 0.4) is 0 Å². The lowest BCUT2D eigenvalue weighted by Gasteiger charge is -2.11. The summed E-state index contributed by atoms with van der Waals surface area (Å²) in [4.78, 5) is 23.6. The van der Waals surface area contributed by atoms with E-state index in [1.54, 1.807) is 0 Å². The number of hydrogen-bond acceptors (Lipinski definition) is 4. The highest BCUT2D eigenvalue weighted by atomic mass is 19.1. The maximum absolute atomic E-state index is 13.5. The third-order valence-electron chi connectivity index (χ3n) is 3.82. The minimum atomic E-state index is -0.590. The van der Waals surface area contributed by atoms with Crippen molar-refractivity contribution in [3.63, 3.8) is 0 Å². The van der Waals surface area contributed by atoms with E-state index in [4.69, 9.17) is 10.5 Å². The van der Waals surface area contributed by atoms with Crippen LogP contribution in [0.2, 0.25) is 0 Å². The van der Waals surface area contributed by atoms with Gasteiger partial charge >= 0.3 is 0 Å². The van der Waals surface area contributed by atoms with E-state index in [1.807, 2.05) is 0 Å². The van der Waals surface area contributed by atoms with Gasteiger partial charge < -0.3 is 15.8 Å². The molecule has 0 radical (unpaired) electrons. The molecule has 1 fully saturated rings. The van der Waals surface area contributed by atoms with Crippen molar-refractivity contribution >= 4 is 11.7 Å². The lowest BCUT2D eigenvalue weighted by Crippen LogP contribution is -2.38. The second kappa shape index (κ2) is 7.35. The highest BCUT2D eigenvalue weighted by Gasteiger charge is 2.28. The van der Waals surface area contributed by atoms with Gasteiger partial charge in [0.2, 0.25) is 5.91 Å². The number of carbonyl (C=O) groups is 2. The van der Waals surface area contributed by atoms with Crippen molar-refractivity contribution in [3.8, 4) is 5.75 Å². The number of halogens is 1. The standard InChI is InChI=1S/C16H21FN2O3/c1-22-15-6-4-11(8-12(15)17)14(20)5-7-16(21)19-9-13(18)10-2-3-10/h4,6,8,10,13H,2-3,5,7,9,18H2,1H3,(H,19,21). The Morgan fingerprint density at radius 1 is 1.41 bits per heavy atom. The zero-order chi connectivity index (χ0) is 16.1. The molecule has 1 aromatic rings. The summed E-state index contributed by atoms with van der Waals surface area (Å²) in [5.41, 5.74) is 6.12. The van der Waals surface area contributed by atoms with E-state index in [2.05, 4.69) is 5.32 Å². The Labute approximate surface area is 129 Å². The van der Waals surface area contributed by atoms with Crippen molar-refractivity contribution in [2.45, 2.75) is 31.7 Å². The molecule has 1 amide bonds. The van der Waals surface area contributed by atoms with Gasteiger partial charge in [-0.3, -0.25) is 9.59 Å². The van der Waals surface area contributed by atoms with Crippen molar-refractivity contribution in [2.75, 3.05) is 13.7 Å². The molecule has 1 saturated carbocycles. The number of Topliss-reactive ketones (excluding diaryl/α,β-unsaturated/α-hetero) is 1. The van der Waals surface area contributed by atoms with Crippen molar-refractivity contribution in [2.24, 2.45) is 11.7 Å². The van der Waals surface area contributed by atoms with Crippen LogP contribution in [0.25, 0.3) is 0 Å². The van der Waals surface area contributed by atoms with Gasteiger partial charge in [-0.25, -0.2) is 4.39 Å². The Morgan fingerprint density at radius 2 is 2.14 bits per heavy atom. The number of methoxy groups -OCH3 is 1. The molecule has 0 spiro atoms. The third-order valence-corrected chi connectivity index (χ3v) is 3.82. The van der Waals surface area contributed by atoms with Crippen LogP contribution >= 0.6 is 0 Å². The van der Waals surface area contributed by atoms with Crippen molar-refractivity contribution in [3.05, 3.63) is 29.6 Å². The Hall–Kier alpha value is -1.95. The van der Waals surface area contributed by atoms with Crippen LogP contribution in [0.1, 0.15) is 36.0 Å². The molecular formula is C16H21FN2O3. The van der Waals surface area contributed by atoms with E-state index in [1.165, 1.54) is 19.2 Å². The molecule has 5 nitrogen and oxygen atoms in total. The second-order valence-electron chi connectivity index (χ2n) is 5.58. The highest BCUT2D eigenvalue weighted by molar-refractivity contribution is 5.98. The zero-order valence-corrected chi connectivity index (χ0v) is 12.6. The Balaban J connectivity index is 1.76. The summed E-state index contributed by atoms with van der Waals surface area (Å²) in [6.45, 7) is 0.439. The molecule has 0 saturated heterocycles. The summed E-state index contributed by atoms with van der Waals surface area (Å²) in [5, 5.41) is 2.73. The molecule has 0 heterocycles. The Kier molecular flexibility index (Phi) is 5.49. The summed E-state index contributed by atoms with van der Waals surface area (Å²) in [7, 11) is 1.36. The quantitative estimate of drug-likeness (QED) is 0.716.